The highest BCUT2D eigenvalue weighted by Gasteiger charge is 2.78. The first-order valence-electron chi connectivity index (χ1n) is 11.1. The molecule has 0 aliphatic heterocycles. The molecule has 5 rings (SSSR count). The van der Waals surface area contributed by atoms with Crippen molar-refractivity contribution in [1.29, 1.82) is 0 Å². The van der Waals surface area contributed by atoms with Gasteiger partial charge in [-0.25, -0.2) is 0 Å². The van der Waals surface area contributed by atoms with Crippen molar-refractivity contribution >= 4 is 11.9 Å². The van der Waals surface area contributed by atoms with Crippen LogP contribution in [0, 0.1) is 39.9 Å². The maximum Gasteiger partial charge on any atom is 0.302 e. The van der Waals surface area contributed by atoms with Gasteiger partial charge in [-0.05, 0) is 80.5 Å². The van der Waals surface area contributed by atoms with Gasteiger partial charge in [0.1, 0.15) is 12.2 Å². The van der Waals surface area contributed by atoms with Crippen molar-refractivity contribution < 1.29 is 19.1 Å². The Morgan fingerprint density at radius 2 is 1.56 bits per heavy atom. The highest BCUT2D eigenvalue weighted by molar-refractivity contribution is 5.66. The smallest absolute Gasteiger partial charge is 0.302 e. The number of rotatable bonds is 2. The summed E-state index contributed by atoms with van der Waals surface area (Å²) in [7, 11) is 0. The molecule has 27 heavy (non-hydrogen) atoms. The maximum absolute atomic E-state index is 11.9. The second kappa shape index (κ2) is 5.51. The summed E-state index contributed by atoms with van der Waals surface area (Å²) in [5, 5.41) is 0. The Hall–Kier alpha value is -1.06. The Morgan fingerprint density at radius 3 is 2.22 bits per heavy atom. The third kappa shape index (κ3) is 2.16. The summed E-state index contributed by atoms with van der Waals surface area (Å²) in [6.07, 6.45) is 9.63. The summed E-state index contributed by atoms with van der Waals surface area (Å²) in [6.45, 7) is 7.99. The Bertz CT molecular complexity index is 688. The fraction of sp³-hybridized carbons (Fsp3) is 0.913. The Kier molecular flexibility index (Phi) is 3.67. The van der Waals surface area contributed by atoms with Crippen molar-refractivity contribution in [2.75, 3.05) is 0 Å². The van der Waals surface area contributed by atoms with Gasteiger partial charge in [-0.3, -0.25) is 9.59 Å². The van der Waals surface area contributed by atoms with E-state index in [1.807, 2.05) is 0 Å². The van der Waals surface area contributed by atoms with Crippen molar-refractivity contribution in [2.24, 2.45) is 39.9 Å². The van der Waals surface area contributed by atoms with Crippen LogP contribution in [0.25, 0.3) is 0 Å². The van der Waals surface area contributed by atoms with E-state index < -0.39 is 0 Å². The first-order valence-corrected chi connectivity index (χ1v) is 11.1. The van der Waals surface area contributed by atoms with Crippen LogP contribution in [0.3, 0.4) is 0 Å². The molecule has 5 aliphatic carbocycles. The SMILES string of the molecule is CC(=O)OC1CCC2C3CC(OC(C)=O)C45CC4CCC5(C)C3CCC12C. The standard InChI is InChI=1S/C23H34O4/c1-13(24)26-19-6-5-17-16-11-20(27-14(2)25)23-12-15(23)7-10-22(23,4)18(16)8-9-21(17,19)3/h15-20H,5-12H2,1-4H3. The van der Waals surface area contributed by atoms with Gasteiger partial charge in [-0.2, -0.15) is 0 Å². The summed E-state index contributed by atoms with van der Waals surface area (Å²) in [6, 6.07) is 0. The van der Waals surface area contributed by atoms with E-state index in [0.717, 1.165) is 31.1 Å². The van der Waals surface area contributed by atoms with E-state index in [4.69, 9.17) is 9.47 Å². The van der Waals surface area contributed by atoms with Crippen LogP contribution in [-0.2, 0) is 19.1 Å². The predicted octanol–water partition coefficient (Wildman–Crippen LogP) is 4.50. The lowest BCUT2D eigenvalue weighted by molar-refractivity contribution is -0.187. The molecule has 9 atom stereocenters. The normalized spacial score (nSPS) is 55.0. The number of fused-ring (bicyclic) bond motifs is 4. The zero-order valence-corrected chi connectivity index (χ0v) is 17.3. The Morgan fingerprint density at radius 1 is 0.852 bits per heavy atom. The van der Waals surface area contributed by atoms with Gasteiger partial charge < -0.3 is 9.47 Å². The van der Waals surface area contributed by atoms with Gasteiger partial charge >= 0.3 is 11.9 Å². The highest BCUT2D eigenvalue weighted by atomic mass is 16.5. The summed E-state index contributed by atoms with van der Waals surface area (Å²) >= 11 is 0. The second-order valence-electron chi connectivity index (χ2n) is 10.8. The third-order valence-corrected chi connectivity index (χ3v) is 10.1. The van der Waals surface area contributed by atoms with Crippen LogP contribution < -0.4 is 0 Å². The second-order valence-corrected chi connectivity index (χ2v) is 10.8. The Labute approximate surface area is 162 Å². The summed E-state index contributed by atoms with van der Waals surface area (Å²) in [5.41, 5.74) is 0.680. The fourth-order valence-electron chi connectivity index (χ4n) is 8.97. The molecule has 5 aliphatic rings. The molecule has 4 heteroatoms. The largest absolute Gasteiger partial charge is 0.462 e. The van der Waals surface area contributed by atoms with E-state index in [-0.39, 0.29) is 35.0 Å². The molecule has 5 fully saturated rings. The van der Waals surface area contributed by atoms with Crippen molar-refractivity contribution in [3.8, 4) is 0 Å². The average Bonchev–Trinajstić information content (AvgIpc) is 3.12. The molecule has 9 unspecified atom stereocenters. The molecule has 0 amide bonds. The Balaban J connectivity index is 1.48. The van der Waals surface area contributed by atoms with Gasteiger partial charge in [0.25, 0.3) is 0 Å². The van der Waals surface area contributed by atoms with Crippen LogP contribution >= 0.6 is 0 Å². The molecule has 0 saturated heterocycles. The molecule has 5 saturated carbocycles. The first kappa shape index (κ1) is 18.0. The van der Waals surface area contributed by atoms with Gasteiger partial charge in [0, 0.05) is 24.7 Å². The lowest BCUT2D eigenvalue weighted by Crippen LogP contribution is -2.57. The van der Waals surface area contributed by atoms with E-state index in [1.165, 1.54) is 39.0 Å². The molecule has 0 aromatic rings. The summed E-state index contributed by atoms with van der Waals surface area (Å²) in [4.78, 5) is 23.6. The number of hydrogen-bond donors (Lipinski definition) is 0. The maximum atomic E-state index is 11.9. The molecule has 0 heterocycles. The monoisotopic (exact) mass is 374 g/mol. The van der Waals surface area contributed by atoms with Crippen molar-refractivity contribution in [3.63, 3.8) is 0 Å². The minimum atomic E-state index is -0.145. The number of esters is 2. The van der Waals surface area contributed by atoms with Crippen LogP contribution in [-0.4, -0.2) is 24.1 Å². The van der Waals surface area contributed by atoms with Gasteiger partial charge in [0.05, 0.1) is 0 Å². The van der Waals surface area contributed by atoms with E-state index in [9.17, 15) is 9.59 Å². The van der Waals surface area contributed by atoms with Gasteiger partial charge in [0.15, 0.2) is 0 Å². The third-order valence-electron chi connectivity index (χ3n) is 10.1. The minimum absolute atomic E-state index is 0.0640. The molecular weight excluding hydrogens is 340 g/mol. The quantitative estimate of drug-likeness (QED) is 0.668. The van der Waals surface area contributed by atoms with Gasteiger partial charge in [-0.1, -0.05) is 13.8 Å². The molecule has 0 bridgehead atoms. The number of carbonyl (C=O) groups is 2. The molecular formula is C23H34O4. The van der Waals surface area contributed by atoms with Gasteiger partial charge in [0.2, 0.25) is 0 Å². The lowest BCUT2D eigenvalue weighted by Gasteiger charge is -2.60. The topological polar surface area (TPSA) is 52.6 Å². The minimum Gasteiger partial charge on any atom is -0.462 e. The summed E-state index contributed by atoms with van der Waals surface area (Å²) in [5.74, 6) is 2.45. The number of ether oxygens (including phenoxy) is 2. The molecule has 0 aromatic carbocycles. The number of hydrogen-bond acceptors (Lipinski definition) is 4. The molecule has 0 radical (unpaired) electrons. The predicted molar refractivity (Wildman–Crippen MR) is 101 cm³/mol. The van der Waals surface area contributed by atoms with Crippen LogP contribution in [0.15, 0.2) is 0 Å². The molecule has 150 valence electrons. The zero-order valence-electron chi connectivity index (χ0n) is 17.3. The highest BCUT2D eigenvalue weighted by Crippen LogP contribution is 2.82. The van der Waals surface area contributed by atoms with Gasteiger partial charge in [-0.15, -0.1) is 0 Å². The first-order chi connectivity index (χ1) is 12.7. The van der Waals surface area contributed by atoms with E-state index in [2.05, 4.69) is 13.8 Å². The molecule has 0 aromatic heterocycles. The van der Waals surface area contributed by atoms with E-state index in [1.54, 1.807) is 6.92 Å². The summed E-state index contributed by atoms with van der Waals surface area (Å²) < 4.78 is 11.8. The molecule has 0 N–H and O–H groups in total. The van der Waals surface area contributed by atoms with Crippen LogP contribution in [0.1, 0.15) is 79.1 Å². The van der Waals surface area contributed by atoms with Crippen LogP contribution in [0.5, 0.6) is 0 Å². The fourth-order valence-corrected chi connectivity index (χ4v) is 8.97. The number of carbonyl (C=O) groups excluding carboxylic acids is 2. The molecule has 4 nitrogen and oxygen atoms in total. The van der Waals surface area contributed by atoms with E-state index in [0.29, 0.717) is 17.3 Å². The van der Waals surface area contributed by atoms with Crippen LogP contribution in [0.2, 0.25) is 0 Å². The molecule has 1 spiro atoms. The van der Waals surface area contributed by atoms with E-state index >= 15 is 0 Å². The lowest BCUT2D eigenvalue weighted by atomic mass is 9.46. The zero-order chi connectivity index (χ0) is 19.2. The van der Waals surface area contributed by atoms with Crippen LogP contribution in [0.4, 0.5) is 0 Å². The van der Waals surface area contributed by atoms with Crippen molar-refractivity contribution in [1.82, 2.24) is 0 Å². The average molecular weight is 375 g/mol. The van der Waals surface area contributed by atoms with Crippen molar-refractivity contribution in [3.05, 3.63) is 0 Å². The van der Waals surface area contributed by atoms with Crippen molar-refractivity contribution in [2.45, 2.75) is 91.3 Å².